The first-order valence-corrected chi connectivity index (χ1v) is 10.1. The molecule has 0 radical (unpaired) electrons. The van der Waals surface area contributed by atoms with E-state index < -0.39 is 16.0 Å². The Morgan fingerprint density at radius 2 is 2.08 bits per heavy atom. The number of halogens is 1. The lowest BCUT2D eigenvalue weighted by Crippen LogP contribution is -2.46. The van der Waals surface area contributed by atoms with E-state index in [1.807, 2.05) is 13.0 Å². The van der Waals surface area contributed by atoms with Crippen LogP contribution in [0.3, 0.4) is 0 Å². The van der Waals surface area contributed by atoms with Crippen molar-refractivity contribution in [3.63, 3.8) is 0 Å². The Morgan fingerprint density at radius 1 is 1.36 bits per heavy atom. The summed E-state index contributed by atoms with van der Waals surface area (Å²) in [5.74, 6) is -0.629. The van der Waals surface area contributed by atoms with Crippen LogP contribution in [0.4, 0.5) is 0 Å². The molecule has 1 saturated heterocycles. The van der Waals surface area contributed by atoms with E-state index in [-0.39, 0.29) is 34.3 Å². The minimum absolute atomic E-state index is 0. The Labute approximate surface area is 157 Å². The number of hydrogen-bond acceptors (Lipinski definition) is 6. The van der Waals surface area contributed by atoms with Gasteiger partial charge < -0.3 is 10.1 Å². The van der Waals surface area contributed by atoms with Crippen molar-refractivity contribution in [3.05, 3.63) is 29.1 Å². The lowest BCUT2D eigenvalue weighted by atomic mass is 10.0. The van der Waals surface area contributed by atoms with Gasteiger partial charge in [0.1, 0.15) is 9.77 Å². The number of carbonyl (C=O) groups is 1. The Hall–Kier alpha value is -1.19. The highest BCUT2D eigenvalue weighted by atomic mass is 35.5. The van der Waals surface area contributed by atoms with Gasteiger partial charge in [0, 0.05) is 22.2 Å². The number of carbonyl (C=O) groups excluding carboxylic acids is 1. The molecule has 0 saturated carbocycles. The van der Waals surface area contributed by atoms with Crippen LogP contribution >= 0.6 is 23.7 Å². The van der Waals surface area contributed by atoms with Crippen LogP contribution in [0.1, 0.15) is 29.4 Å². The molecule has 0 amide bonds. The summed E-state index contributed by atoms with van der Waals surface area (Å²) in [5.41, 5.74) is 0. The summed E-state index contributed by atoms with van der Waals surface area (Å²) < 4.78 is 34.3. The second-order valence-corrected chi connectivity index (χ2v) is 8.65. The maximum absolute atomic E-state index is 13.0. The van der Waals surface area contributed by atoms with Gasteiger partial charge in [0.15, 0.2) is 0 Å². The van der Waals surface area contributed by atoms with Crippen molar-refractivity contribution in [2.45, 2.75) is 36.7 Å². The zero-order valence-electron chi connectivity index (χ0n) is 13.9. The maximum Gasteiger partial charge on any atom is 0.349 e. The summed E-state index contributed by atoms with van der Waals surface area (Å²) in [5, 5.41) is 3.85. The standard InChI is InChI=1S/C16H20N2O4S2.ClH/c1-10-9-11(7-8-17-10)18-24(20,21)15-12-5-3-4-6-13(12)23-14(15)16(19)22-2;/h3-6,10-11,17-18H,7-9H2,1-2H3;1H. The number of thiophene rings is 1. The van der Waals surface area contributed by atoms with Crippen LogP contribution in [0.25, 0.3) is 10.1 Å². The van der Waals surface area contributed by atoms with E-state index in [1.54, 1.807) is 18.2 Å². The highest BCUT2D eigenvalue weighted by molar-refractivity contribution is 7.90. The number of sulfonamides is 1. The van der Waals surface area contributed by atoms with Crippen LogP contribution in [0, 0.1) is 0 Å². The molecule has 0 bridgehead atoms. The average molecular weight is 405 g/mol. The zero-order valence-corrected chi connectivity index (χ0v) is 16.4. The third kappa shape index (κ3) is 4.15. The van der Waals surface area contributed by atoms with Gasteiger partial charge in [-0.25, -0.2) is 17.9 Å². The number of nitrogens with one attached hydrogen (secondary N) is 2. The molecule has 1 fully saturated rings. The summed E-state index contributed by atoms with van der Waals surface area (Å²) in [4.78, 5) is 12.2. The van der Waals surface area contributed by atoms with Crippen molar-refractivity contribution in [3.8, 4) is 0 Å². The second-order valence-electron chi connectivity index (χ2n) is 5.95. The van der Waals surface area contributed by atoms with Crippen LogP contribution in [0.5, 0.6) is 0 Å². The van der Waals surface area contributed by atoms with Crippen LogP contribution < -0.4 is 10.0 Å². The van der Waals surface area contributed by atoms with E-state index in [2.05, 4.69) is 10.0 Å². The Bertz CT molecular complexity index is 866. The van der Waals surface area contributed by atoms with Gasteiger partial charge in [-0.2, -0.15) is 0 Å². The van der Waals surface area contributed by atoms with Gasteiger partial charge in [-0.1, -0.05) is 18.2 Å². The quantitative estimate of drug-likeness (QED) is 0.765. The molecule has 1 aliphatic rings. The molecule has 2 unspecified atom stereocenters. The van der Waals surface area contributed by atoms with Crippen LogP contribution in [-0.4, -0.2) is 40.1 Å². The van der Waals surface area contributed by atoms with Gasteiger partial charge in [-0.3, -0.25) is 0 Å². The molecule has 9 heteroatoms. The largest absolute Gasteiger partial charge is 0.465 e. The second kappa shape index (κ2) is 8.01. The molecule has 2 atom stereocenters. The number of rotatable bonds is 4. The van der Waals surface area contributed by atoms with Crippen LogP contribution in [-0.2, 0) is 14.8 Å². The topological polar surface area (TPSA) is 84.5 Å². The van der Waals surface area contributed by atoms with E-state index >= 15 is 0 Å². The van der Waals surface area contributed by atoms with Crippen molar-refractivity contribution < 1.29 is 17.9 Å². The summed E-state index contributed by atoms with van der Waals surface area (Å²) in [6.07, 6.45) is 1.44. The molecule has 0 aliphatic carbocycles. The molecule has 25 heavy (non-hydrogen) atoms. The van der Waals surface area contributed by atoms with Gasteiger partial charge in [-0.05, 0) is 32.4 Å². The van der Waals surface area contributed by atoms with Crippen molar-refractivity contribution in [1.29, 1.82) is 0 Å². The molecule has 1 aliphatic heterocycles. The van der Waals surface area contributed by atoms with Crippen molar-refractivity contribution in [1.82, 2.24) is 10.0 Å². The number of piperidine rings is 1. The maximum atomic E-state index is 13.0. The van der Waals surface area contributed by atoms with E-state index in [1.165, 1.54) is 7.11 Å². The Morgan fingerprint density at radius 3 is 2.76 bits per heavy atom. The van der Waals surface area contributed by atoms with Crippen LogP contribution in [0.15, 0.2) is 29.2 Å². The third-order valence-electron chi connectivity index (χ3n) is 4.13. The molecule has 3 rings (SSSR count). The van der Waals surface area contributed by atoms with Gasteiger partial charge in [0.2, 0.25) is 10.0 Å². The SMILES string of the molecule is COC(=O)c1sc2ccccc2c1S(=O)(=O)NC1CCNC(C)C1.Cl. The first-order valence-electron chi connectivity index (χ1n) is 7.78. The fourth-order valence-corrected chi connectivity index (χ4v) is 6.13. The molecule has 2 aromatic rings. The van der Waals surface area contributed by atoms with Gasteiger partial charge in [0.05, 0.1) is 7.11 Å². The summed E-state index contributed by atoms with van der Waals surface area (Å²) >= 11 is 1.14. The number of esters is 1. The highest BCUT2D eigenvalue weighted by Crippen LogP contribution is 2.35. The van der Waals surface area contributed by atoms with Gasteiger partial charge in [0.25, 0.3) is 0 Å². The summed E-state index contributed by atoms with van der Waals surface area (Å²) in [7, 11) is -2.57. The van der Waals surface area contributed by atoms with E-state index in [9.17, 15) is 13.2 Å². The van der Waals surface area contributed by atoms with Crippen molar-refractivity contribution in [2.75, 3.05) is 13.7 Å². The summed E-state index contributed by atoms with van der Waals surface area (Å²) in [6, 6.07) is 7.22. The Kier molecular flexibility index (Phi) is 6.45. The first-order chi connectivity index (χ1) is 11.4. The molecule has 2 heterocycles. The molecule has 0 spiro atoms. The molecule has 1 aromatic carbocycles. The highest BCUT2D eigenvalue weighted by Gasteiger charge is 2.31. The summed E-state index contributed by atoms with van der Waals surface area (Å²) in [6.45, 7) is 2.79. The van der Waals surface area contributed by atoms with E-state index in [4.69, 9.17) is 4.74 Å². The molecule has 2 N–H and O–H groups in total. The van der Waals surface area contributed by atoms with Gasteiger partial charge in [-0.15, -0.1) is 23.7 Å². The predicted molar refractivity (Wildman–Crippen MR) is 101 cm³/mol. The average Bonchev–Trinajstić information content (AvgIpc) is 2.94. The third-order valence-corrected chi connectivity index (χ3v) is 7.02. The number of methoxy groups -OCH3 is 1. The lowest BCUT2D eigenvalue weighted by Gasteiger charge is -2.28. The first kappa shape index (κ1) is 20.1. The van der Waals surface area contributed by atoms with Gasteiger partial charge >= 0.3 is 5.97 Å². The number of fused-ring (bicyclic) bond motifs is 1. The number of hydrogen-bond donors (Lipinski definition) is 2. The molecular weight excluding hydrogens is 384 g/mol. The predicted octanol–water partition coefficient (Wildman–Crippen LogP) is 2.53. The zero-order chi connectivity index (χ0) is 17.3. The minimum atomic E-state index is -3.82. The molecule has 6 nitrogen and oxygen atoms in total. The van der Waals surface area contributed by atoms with E-state index in [0.29, 0.717) is 5.39 Å². The smallest absolute Gasteiger partial charge is 0.349 e. The molecule has 138 valence electrons. The lowest BCUT2D eigenvalue weighted by molar-refractivity contribution is 0.0602. The molecule has 1 aromatic heterocycles. The Balaban J connectivity index is 0.00000225. The monoisotopic (exact) mass is 404 g/mol. The molecular formula is C16H21ClN2O4S2. The minimum Gasteiger partial charge on any atom is -0.465 e. The number of ether oxygens (including phenoxy) is 1. The number of benzene rings is 1. The van der Waals surface area contributed by atoms with Crippen LogP contribution in [0.2, 0.25) is 0 Å². The fraction of sp³-hybridized carbons (Fsp3) is 0.438. The van der Waals surface area contributed by atoms with Crippen molar-refractivity contribution in [2.24, 2.45) is 0 Å². The van der Waals surface area contributed by atoms with E-state index in [0.717, 1.165) is 35.4 Å². The fourth-order valence-electron chi connectivity index (χ4n) is 3.03. The van der Waals surface area contributed by atoms with Crippen molar-refractivity contribution >= 4 is 49.8 Å². The normalized spacial score (nSPS) is 20.9.